The third-order valence-corrected chi connectivity index (χ3v) is 3.71. The number of benzene rings is 1. The second-order valence-corrected chi connectivity index (χ2v) is 6.32. The lowest BCUT2D eigenvalue weighted by atomic mass is 9.99. The highest BCUT2D eigenvalue weighted by molar-refractivity contribution is 6.44. The number of aliphatic carboxylic acids is 1. The zero-order chi connectivity index (χ0) is 16.2. The van der Waals surface area contributed by atoms with Gasteiger partial charge in [0.05, 0.1) is 20.8 Å². The summed E-state index contributed by atoms with van der Waals surface area (Å²) in [5, 5.41) is 14.7. The molecule has 2 amide bonds. The Kier molecular flexibility index (Phi) is 6.13. The van der Waals surface area contributed by atoms with Crippen molar-refractivity contribution in [1.29, 1.82) is 0 Å². The summed E-state index contributed by atoms with van der Waals surface area (Å²) in [5.74, 6) is -0.919. The lowest BCUT2D eigenvalue weighted by molar-refractivity contribution is -0.137. The maximum Gasteiger partial charge on any atom is 0.319 e. The third-order valence-electron chi connectivity index (χ3n) is 2.67. The Morgan fingerprint density at radius 1 is 1.14 bits per heavy atom. The highest BCUT2D eigenvalue weighted by Crippen LogP contribution is 2.32. The van der Waals surface area contributed by atoms with E-state index in [-0.39, 0.29) is 21.5 Å². The van der Waals surface area contributed by atoms with Crippen LogP contribution in [0.4, 0.5) is 10.5 Å². The second-order valence-electron chi connectivity index (χ2n) is 5.10. The van der Waals surface area contributed by atoms with Crippen LogP contribution < -0.4 is 10.6 Å². The summed E-state index contributed by atoms with van der Waals surface area (Å²) in [6.07, 6.45) is 0.256. The summed E-state index contributed by atoms with van der Waals surface area (Å²) >= 11 is 17.6. The average molecular weight is 354 g/mol. The van der Waals surface area contributed by atoms with Crippen molar-refractivity contribution in [3.8, 4) is 0 Å². The molecule has 0 heterocycles. The normalized spacial score (nSPS) is 11.1. The number of carbonyl (C=O) groups excluding carboxylic acids is 1. The maximum absolute atomic E-state index is 11.9. The van der Waals surface area contributed by atoms with Gasteiger partial charge in [0.15, 0.2) is 0 Å². The Morgan fingerprint density at radius 2 is 1.71 bits per heavy atom. The van der Waals surface area contributed by atoms with Crippen molar-refractivity contribution < 1.29 is 14.7 Å². The number of halogens is 3. The molecule has 0 aliphatic heterocycles. The first kappa shape index (κ1) is 17.9. The van der Waals surface area contributed by atoms with E-state index in [4.69, 9.17) is 39.9 Å². The number of rotatable bonds is 5. The highest BCUT2D eigenvalue weighted by Gasteiger charge is 2.22. The first-order valence-corrected chi connectivity index (χ1v) is 7.19. The molecule has 0 aliphatic carbocycles. The lowest BCUT2D eigenvalue weighted by Crippen LogP contribution is -2.45. The van der Waals surface area contributed by atoms with Crippen molar-refractivity contribution in [2.45, 2.75) is 32.2 Å². The van der Waals surface area contributed by atoms with E-state index in [1.165, 1.54) is 12.1 Å². The Morgan fingerprint density at radius 3 is 2.29 bits per heavy atom. The molecular weight excluding hydrogens is 339 g/mol. The van der Waals surface area contributed by atoms with Crippen molar-refractivity contribution in [1.82, 2.24) is 5.32 Å². The number of carbonyl (C=O) groups is 2. The number of carboxylic acid groups (broad SMARTS) is 1. The van der Waals surface area contributed by atoms with Crippen LogP contribution in [-0.4, -0.2) is 22.6 Å². The SMILES string of the molecule is CC(C)(CCC(=O)O)NC(=O)Nc1cc(Cl)c(Cl)cc1Cl. The van der Waals surface area contributed by atoms with E-state index in [0.29, 0.717) is 12.1 Å². The molecular formula is C13H15Cl3N2O3. The molecule has 0 aliphatic rings. The number of carboxylic acids is 1. The highest BCUT2D eigenvalue weighted by atomic mass is 35.5. The van der Waals surface area contributed by atoms with E-state index in [2.05, 4.69) is 10.6 Å². The molecule has 0 unspecified atom stereocenters. The van der Waals surface area contributed by atoms with Gasteiger partial charge in [-0.3, -0.25) is 4.79 Å². The molecule has 0 radical (unpaired) electrons. The molecule has 3 N–H and O–H groups in total. The largest absolute Gasteiger partial charge is 0.481 e. The van der Waals surface area contributed by atoms with Crippen LogP contribution >= 0.6 is 34.8 Å². The predicted octanol–water partition coefficient (Wildman–Crippen LogP) is 4.41. The van der Waals surface area contributed by atoms with Crippen LogP contribution in [0, 0.1) is 0 Å². The Hall–Kier alpha value is -1.17. The average Bonchev–Trinajstić information content (AvgIpc) is 2.33. The minimum absolute atomic E-state index is 0.0409. The number of hydrogen-bond acceptors (Lipinski definition) is 2. The molecule has 21 heavy (non-hydrogen) atoms. The standard InChI is InChI=1S/C13H15Cl3N2O3/c1-13(2,4-3-11(19)20)18-12(21)17-10-6-8(15)7(14)5-9(10)16/h5-6H,3-4H2,1-2H3,(H,19,20)(H2,17,18,21). The van der Waals surface area contributed by atoms with Crippen LogP contribution in [0.2, 0.25) is 15.1 Å². The fraction of sp³-hybridized carbons (Fsp3) is 0.385. The zero-order valence-corrected chi connectivity index (χ0v) is 13.7. The Balaban J connectivity index is 2.69. The summed E-state index contributed by atoms with van der Waals surface area (Å²) in [4.78, 5) is 22.5. The molecule has 1 rings (SSSR count). The second kappa shape index (κ2) is 7.20. The first-order chi connectivity index (χ1) is 9.60. The monoisotopic (exact) mass is 352 g/mol. The molecule has 0 atom stereocenters. The van der Waals surface area contributed by atoms with E-state index >= 15 is 0 Å². The van der Waals surface area contributed by atoms with Gasteiger partial charge in [0.2, 0.25) is 0 Å². The van der Waals surface area contributed by atoms with Gasteiger partial charge in [0, 0.05) is 12.0 Å². The topological polar surface area (TPSA) is 78.4 Å². The first-order valence-electron chi connectivity index (χ1n) is 6.06. The van der Waals surface area contributed by atoms with Gasteiger partial charge in [-0.15, -0.1) is 0 Å². The van der Waals surface area contributed by atoms with Crippen LogP contribution in [0.15, 0.2) is 12.1 Å². The Labute approximate surface area is 137 Å². The number of hydrogen-bond donors (Lipinski definition) is 3. The van der Waals surface area contributed by atoms with Crippen molar-refractivity contribution in [3.63, 3.8) is 0 Å². The summed E-state index contributed by atoms with van der Waals surface area (Å²) in [5.41, 5.74) is -0.358. The van der Waals surface area contributed by atoms with Crippen LogP contribution in [0.5, 0.6) is 0 Å². The van der Waals surface area contributed by atoms with E-state index in [0.717, 1.165) is 0 Å². The molecule has 8 heteroatoms. The molecule has 0 bridgehead atoms. The molecule has 0 aromatic heterocycles. The Bertz CT molecular complexity index is 562. The van der Waals surface area contributed by atoms with Crippen molar-refractivity contribution in [2.24, 2.45) is 0 Å². The lowest BCUT2D eigenvalue weighted by Gasteiger charge is -2.25. The molecule has 0 saturated heterocycles. The molecule has 116 valence electrons. The third kappa shape index (κ3) is 5.99. The quantitative estimate of drug-likeness (QED) is 0.686. The van der Waals surface area contributed by atoms with Crippen molar-refractivity contribution >= 4 is 52.5 Å². The van der Waals surface area contributed by atoms with Crippen molar-refractivity contribution in [2.75, 3.05) is 5.32 Å². The molecule has 5 nitrogen and oxygen atoms in total. The van der Waals surface area contributed by atoms with Gasteiger partial charge in [-0.1, -0.05) is 34.8 Å². The summed E-state index contributed by atoms with van der Waals surface area (Å²) in [6.45, 7) is 3.46. The number of anilines is 1. The van der Waals surface area contributed by atoms with Gasteiger partial charge < -0.3 is 15.7 Å². The molecule has 0 spiro atoms. The fourth-order valence-electron chi connectivity index (χ4n) is 1.56. The van der Waals surface area contributed by atoms with Gasteiger partial charge in [-0.05, 0) is 32.4 Å². The number of urea groups is 1. The summed E-state index contributed by atoms with van der Waals surface area (Å²) in [7, 11) is 0. The molecule has 0 fully saturated rings. The molecule has 0 saturated carbocycles. The van der Waals surface area contributed by atoms with Crippen LogP contribution in [-0.2, 0) is 4.79 Å². The number of amides is 2. The van der Waals surface area contributed by atoms with E-state index in [9.17, 15) is 9.59 Å². The molecule has 1 aromatic rings. The maximum atomic E-state index is 11.9. The predicted molar refractivity (Wildman–Crippen MR) is 84.6 cm³/mol. The molecule has 1 aromatic carbocycles. The van der Waals surface area contributed by atoms with Crippen LogP contribution in [0.25, 0.3) is 0 Å². The summed E-state index contributed by atoms with van der Waals surface area (Å²) < 4.78 is 0. The smallest absolute Gasteiger partial charge is 0.319 e. The van der Waals surface area contributed by atoms with Crippen LogP contribution in [0.1, 0.15) is 26.7 Å². The fourth-order valence-corrected chi connectivity index (χ4v) is 2.16. The van der Waals surface area contributed by atoms with Gasteiger partial charge in [-0.25, -0.2) is 4.79 Å². The summed E-state index contributed by atoms with van der Waals surface area (Å²) in [6, 6.07) is 2.36. The van der Waals surface area contributed by atoms with E-state index in [1.807, 2.05) is 0 Å². The van der Waals surface area contributed by atoms with Crippen molar-refractivity contribution in [3.05, 3.63) is 27.2 Å². The zero-order valence-electron chi connectivity index (χ0n) is 11.5. The van der Waals surface area contributed by atoms with Gasteiger partial charge >= 0.3 is 12.0 Å². The number of nitrogens with one attached hydrogen (secondary N) is 2. The minimum Gasteiger partial charge on any atom is -0.481 e. The van der Waals surface area contributed by atoms with Gasteiger partial charge in [-0.2, -0.15) is 0 Å². The van der Waals surface area contributed by atoms with Crippen LogP contribution in [0.3, 0.4) is 0 Å². The minimum atomic E-state index is -0.919. The van der Waals surface area contributed by atoms with Gasteiger partial charge in [0.25, 0.3) is 0 Å². The van der Waals surface area contributed by atoms with E-state index in [1.54, 1.807) is 13.8 Å². The van der Waals surface area contributed by atoms with Gasteiger partial charge in [0.1, 0.15) is 0 Å². The van der Waals surface area contributed by atoms with E-state index < -0.39 is 17.5 Å².